The first kappa shape index (κ1) is 16.8. The second-order valence-electron chi connectivity index (χ2n) is 6.93. The van der Waals surface area contributed by atoms with Gasteiger partial charge in [0.15, 0.2) is 0 Å². The molecule has 1 aliphatic rings. The SMILES string of the molecule is COCC1CCCN1C(C)CC(C)(C)c1ccc(Cl)cc1. The van der Waals surface area contributed by atoms with E-state index in [1.807, 2.05) is 12.1 Å². The maximum atomic E-state index is 6.00. The Bertz CT molecular complexity index is 443. The molecule has 1 aliphatic heterocycles. The van der Waals surface area contributed by atoms with E-state index in [0.29, 0.717) is 12.1 Å². The van der Waals surface area contributed by atoms with Gasteiger partial charge in [-0.05, 0) is 55.8 Å². The first-order chi connectivity index (χ1) is 9.94. The Balaban J connectivity index is 2.03. The van der Waals surface area contributed by atoms with Gasteiger partial charge in [-0.15, -0.1) is 0 Å². The summed E-state index contributed by atoms with van der Waals surface area (Å²) in [5.41, 5.74) is 1.52. The van der Waals surface area contributed by atoms with Crippen molar-refractivity contribution in [2.75, 3.05) is 20.3 Å². The second-order valence-corrected chi connectivity index (χ2v) is 7.37. The average molecular weight is 310 g/mol. The van der Waals surface area contributed by atoms with Crippen molar-refractivity contribution in [3.05, 3.63) is 34.9 Å². The maximum Gasteiger partial charge on any atom is 0.0618 e. The van der Waals surface area contributed by atoms with Crippen molar-refractivity contribution >= 4 is 11.6 Å². The monoisotopic (exact) mass is 309 g/mol. The Hall–Kier alpha value is -0.570. The summed E-state index contributed by atoms with van der Waals surface area (Å²) in [6, 6.07) is 9.46. The fourth-order valence-corrected chi connectivity index (χ4v) is 3.81. The van der Waals surface area contributed by atoms with Gasteiger partial charge >= 0.3 is 0 Å². The molecule has 1 fully saturated rings. The molecule has 1 saturated heterocycles. The summed E-state index contributed by atoms with van der Waals surface area (Å²) in [5, 5.41) is 0.808. The molecule has 3 heteroatoms. The van der Waals surface area contributed by atoms with Crippen LogP contribution < -0.4 is 0 Å². The van der Waals surface area contributed by atoms with Crippen LogP contribution in [0.25, 0.3) is 0 Å². The smallest absolute Gasteiger partial charge is 0.0618 e. The number of rotatable bonds is 6. The molecule has 0 aromatic heterocycles. The van der Waals surface area contributed by atoms with E-state index in [4.69, 9.17) is 16.3 Å². The van der Waals surface area contributed by atoms with Crippen molar-refractivity contribution < 1.29 is 4.74 Å². The molecule has 2 unspecified atom stereocenters. The van der Waals surface area contributed by atoms with Gasteiger partial charge in [0, 0.05) is 24.2 Å². The number of hydrogen-bond donors (Lipinski definition) is 0. The predicted molar refractivity (Wildman–Crippen MR) is 90.2 cm³/mol. The molecule has 0 amide bonds. The zero-order valence-electron chi connectivity index (χ0n) is 13.7. The molecule has 2 nitrogen and oxygen atoms in total. The highest BCUT2D eigenvalue weighted by molar-refractivity contribution is 6.30. The number of ether oxygens (including phenoxy) is 1. The van der Waals surface area contributed by atoms with E-state index >= 15 is 0 Å². The van der Waals surface area contributed by atoms with Crippen molar-refractivity contribution in [1.82, 2.24) is 4.90 Å². The minimum Gasteiger partial charge on any atom is -0.383 e. The third-order valence-electron chi connectivity index (χ3n) is 4.78. The third-order valence-corrected chi connectivity index (χ3v) is 5.03. The van der Waals surface area contributed by atoms with E-state index in [1.165, 1.54) is 24.9 Å². The van der Waals surface area contributed by atoms with Gasteiger partial charge in [-0.3, -0.25) is 4.90 Å². The fraction of sp³-hybridized carbons (Fsp3) is 0.667. The molecular weight excluding hydrogens is 282 g/mol. The van der Waals surface area contributed by atoms with Crippen molar-refractivity contribution in [2.45, 2.75) is 57.5 Å². The maximum absolute atomic E-state index is 6.00. The molecule has 2 atom stereocenters. The highest BCUT2D eigenvalue weighted by atomic mass is 35.5. The van der Waals surface area contributed by atoms with Gasteiger partial charge < -0.3 is 4.74 Å². The molecule has 1 aromatic carbocycles. The summed E-state index contributed by atoms with van der Waals surface area (Å²) in [7, 11) is 1.80. The zero-order valence-corrected chi connectivity index (χ0v) is 14.5. The summed E-state index contributed by atoms with van der Waals surface area (Å²) in [5.74, 6) is 0. The highest BCUT2D eigenvalue weighted by Crippen LogP contribution is 2.32. The van der Waals surface area contributed by atoms with Crippen LogP contribution in [0.3, 0.4) is 0 Å². The van der Waals surface area contributed by atoms with E-state index in [0.717, 1.165) is 18.1 Å². The molecule has 21 heavy (non-hydrogen) atoms. The van der Waals surface area contributed by atoms with Gasteiger partial charge in [0.25, 0.3) is 0 Å². The predicted octanol–water partition coefficient (Wildman–Crippen LogP) is 4.51. The topological polar surface area (TPSA) is 12.5 Å². The molecule has 118 valence electrons. The van der Waals surface area contributed by atoms with Crippen molar-refractivity contribution in [3.8, 4) is 0 Å². The molecule has 2 rings (SSSR count). The number of halogens is 1. The Morgan fingerprint density at radius 1 is 1.33 bits per heavy atom. The molecule has 0 radical (unpaired) electrons. The average Bonchev–Trinajstić information content (AvgIpc) is 2.87. The molecule has 0 N–H and O–H groups in total. The van der Waals surface area contributed by atoms with Crippen LogP contribution in [0.1, 0.15) is 45.6 Å². The Morgan fingerprint density at radius 2 is 2.00 bits per heavy atom. The van der Waals surface area contributed by atoms with Crippen LogP contribution in [-0.4, -0.2) is 37.2 Å². The Morgan fingerprint density at radius 3 is 2.62 bits per heavy atom. The Labute approximate surface area is 134 Å². The largest absolute Gasteiger partial charge is 0.383 e. The third kappa shape index (κ3) is 4.21. The summed E-state index contributed by atoms with van der Waals surface area (Å²) in [6.45, 7) is 9.06. The fourth-order valence-electron chi connectivity index (χ4n) is 3.68. The summed E-state index contributed by atoms with van der Waals surface area (Å²) in [4.78, 5) is 2.63. The van der Waals surface area contributed by atoms with Crippen molar-refractivity contribution in [1.29, 1.82) is 0 Å². The van der Waals surface area contributed by atoms with Gasteiger partial charge in [-0.25, -0.2) is 0 Å². The van der Waals surface area contributed by atoms with E-state index < -0.39 is 0 Å². The number of nitrogens with zero attached hydrogens (tertiary/aromatic N) is 1. The lowest BCUT2D eigenvalue weighted by Gasteiger charge is -2.36. The van der Waals surface area contributed by atoms with E-state index in [-0.39, 0.29) is 5.41 Å². The van der Waals surface area contributed by atoms with Gasteiger partial charge in [-0.1, -0.05) is 37.6 Å². The van der Waals surface area contributed by atoms with Gasteiger partial charge in [0.05, 0.1) is 6.61 Å². The molecule has 0 spiro atoms. The molecule has 1 heterocycles. The van der Waals surface area contributed by atoms with E-state index in [1.54, 1.807) is 7.11 Å². The lowest BCUT2D eigenvalue weighted by atomic mass is 9.79. The van der Waals surface area contributed by atoms with Crippen molar-refractivity contribution in [3.63, 3.8) is 0 Å². The highest BCUT2D eigenvalue weighted by Gasteiger charge is 2.32. The van der Waals surface area contributed by atoms with Crippen LogP contribution >= 0.6 is 11.6 Å². The van der Waals surface area contributed by atoms with Crippen LogP contribution in [-0.2, 0) is 10.2 Å². The van der Waals surface area contributed by atoms with Gasteiger partial charge in [-0.2, -0.15) is 0 Å². The molecule has 0 bridgehead atoms. The number of likely N-dealkylation sites (tertiary alicyclic amines) is 1. The second kappa shape index (κ2) is 7.13. The lowest BCUT2D eigenvalue weighted by Crippen LogP contribution is -2.42. The van der Waals surface area contributed by atoms with Crippen LogP contribution in [0.2, 0.25) is 5.02 Å². The van der Waals surface area contributed by atoms with E-state index in [2.05, 4.69) is 37.8 Å². The first-order valence-corrected chi connectivity index (χ1v) is 8.32. The molecular formula is C18H28ClNO. The number of benzene rings is 1. The van der Waals surface area contributed by atoms with Gasteiger partial charge in [0.1, 0.15) is 0 Å². The minimum absolute atomic E-state index is 0.157. The Kier molecular flexibility index (Phi) is 5.70. The number of methoxy groups -OCH3 is 1. The van der Waals surface area contributed by atoms with E-state index in [9.17, 15) is 0 Å². The first-order valence-electron chi connectivity index (χ1n) is 7.95. The lowest BCUT2D eigenvalue weighted by molar-refractivity contribution is 0.0844. The summed E-state index contributed by atoms with van der Waals surface area (Å²) < 4.78 is 5.38. The normalized spacial score (nSPS) is 21.7. The van der Waals surface area contributed by atoms with Crippen LogP contribution in [0, 0.1) is 0 Å². The summed E-state index contributed by atoms with van der Waals surface area (Å²) in [6.07, 6.45) is 3.70. The summed E-state index contributed by atoms with van der Waals surface area (Å²) >= 11 is 6.00. The van der Waals surface area contributed by atoms with Crippen LogP contribution in [0.4, 0.5) is 0 Å². The van der Waals surface area contributed by atoms with Crippen molar-refractivity contribution in [2.24, 2.45) is 0 Å². The zero-order chi connectivity index (χ0) is 15.5. The minimum atomic E-state index is 0.157. The number of hydrogen-bond acceptors (Lipinski definition) is 2. The molecule has 0 aliphatic carbocycles. The standard InChI is InChI=1S/C18H28ClNO/c1-14(20-11-5-6-17(20)13-21-4)12-18(2,3)15-7-9-16(19)10-8-15/h7-10,14,17H,5-6,11-13H2,1-4H3. The van der Waals surface area contributed by atoms with Crippen LogP contribution in [0.5, 0.6) is 0 Å². The molecule has 1 aromatic rings. The van der Waals surface area contributed by atoms with Crippen LogP contribution in [0.15, 0.2) is 24.3 Å². The quantitative estimate of drug-likeness (QED) is 0.766. The molecule has 0 saturated carbocycles. The van der Waals surface area contributed by atoms with Gasteiger partial charge in [0.2, 0.25) is 0 Å².